The zero-order chi connectivity index (χ0) is 34.7. The molecule has 1 saturated carbocycles. The lowest BCUT2D eigenvalue weighted by Crippen LogP contribution is -2.55. The molecular weight excluding hydrogens is 616 g/mol. The summed E-state index contributed by atoms with van der Waals surface area (Å²) in [6.45, 7) is 7.08. The first kappa shape index (κ1) is 36.9. The van der Waals surface area contributed by atoms with Crippen molar-refractivity contribution < 1.29 is 43.2 Å². The Morgan fingerprint density at radius 2 is 1.65 bits per heavy atom. The van der Waals surface area contributed by atoms with E-state index in [0.29, 0.717) is 57.5 Å². The van der Waals surface area contributed by atoms with Crippen molar-refractivity contribution in [1.82, 2.24) is 10.2 Å². The number of ether oxygens (including phenoxy) is 4. The first-order chi connectivity index (χ1) is 22.9. The van der Waals surface area contributed by atoms with Crippen LogP contribution in [0.25, 0.3) is 0 Å². The van der Waals surface area contributed by atoms with Crippen LogP contribution >= 0.6 is 0 Å². The lowest BCUT2D eigenvalue weighted by molar-refractivity contribution is -0.161. The summed E-state index contributed by atoms with van der Waals surface area (Å²) in [4.78, 5) is 54.8. The summed E-state index contributed by atoms with van der Waals surface area (Å²) in [5.41, 5.74) is 1.09. The van der Waals surface area contributed by atoms with Crippen LogP contribution < -0.4 is 5.32 Å². The highest BCUT2D eigenvalue weighted by molar-refractivity contribution is 5.92. The van der Waals surface area contributed by atoms with Crippen molar-refractivity contribution in [2.45, 2.75) is 96.1 Å². The van der Waals surface area contributed by atoms with Crippen molar-refractivity contribution >= 4 is 23.8 Å². The zero-order valence-electron chi connectivity index (χ0n) is 28.5. The number of phenols is 1. The largest absolute Gasteiger partial charge is 0.508 e. The average Bonchev–Trinajstić information content (AvgIpc) is 3.48. The quantitative estimate of drug-likeness (QED) is 0.223. The first-order valence-electron chi connectivity index (χ1n) is 16.8. The van der Waals surface area contributed by atoms with Crippen LogP contribution in [0.4, 0.5) is 0 Å². The molecule has 1 aliphatic carbocycles. The van der Waals surface area contributed by atoms with Gasteiger partial charge in [-0.05, 0) is 82.1 Å². The number of carbonyl (C=O) groups excluding carboxylic acids is 4. The molecule has 1 saturated heterocycles. The van der Waals surface area contributed by atoms with E-state index in [0.717, 1.165) is 5.56 Å². The molecule has 262 valence electrons. The Bertz CT molecular complexity index is 1370. The van der Waals surface area contributed by atoms with Crippen molar-refractivity contribution in [2.75, 3.05) is 26.9 Å². The molecule has 4 rings (SSSR count). The fourth-order valence-electron chi connectivity index (χ4n) is 6.41. The molecule has 2 fully saturated rings. The predicted molar refractivity (Wildman–Crippen MR) is 178 cm³/mol. The van der Waals surface area contributed by atoms with Gasteiger partial charge in [0.05, 0.1) is 32.2 Å². The van der Waals surface area contributed by atoms with Crippen molar-refractivity contribution in [3.05, 3.63) is 65.7 Å². The number of likely N-dealkylation sites (tertiary alicyclic amines) is 1. The van der Waals surface area contributed by atoms with Crippen LogP contribution in [0, 0.1) is 11.8 Å². The summed E-state index contributed by atoms with van der Waals surface area (Å²) in [5, 5.41) is 12.8. The fourth-order valence-corrected chi connectivity index (χ4v) is 6.41. The summed E-state index contributed by atoms with van der Waals surface area (Å²) in [6, 6.07) is 14.5. The lowest BCUT2D eigenvalue weighted by Gasteiger charge is -2.36. The van der Waals surface area contributed by atoms with Crippen molar-refractivity contribution in [2.24, 2.45) is 11.8 Å². The number of methoxy groups -OCH3 is 1. The molecule has 2 amide bonds. The van der Waals surface area contributed by atoms with Gasteiger partial charge in [-0.25, -0.2) is 4.79 Å². The molecule has 2 aliphatic rings. The standard InChI is InChI=1S/C37H50N2O9/c1-37(2,3)48-35(43)28-16-14-27(15-17-28)33(38-32(41)21-26-12-8-13-29(40)20-26)34(42)39-23-30(22-31(39)36(44)45-4)47-19-9-18-46-24-25-10-6-5-7-11-25/h5-8,10-13,20,27-28,30-31,33,40H,9,14-19,21-24H2,1-4H3,(H,38,41). The third-order valence-corrected chi connectivity index (χ3v) is 8.76. The first-order valence-corrected chi connectivity index (χ1v) is 16.8. The van der Waals surface area contributed by atoms with Crippen molar-refractivity contribution in [3.8, 4) is 5.75 Å². The molecule has 0 radical (unpaired) electrons. The molecule has 0 spiro atoms. The van der Waals surface area contributed by atoms with E-state index in [9.17, 15) is 24.3 Å². The van der Waals surface area contributed by atoms with Gasteiger partial charge in [-0.1, -0.05) is 42.5 Å². The van der Waals surface area contributed by atoms with Crippen LogP contribution in [0.1, 0.15) is 70.4 Å². The second kappa shape index (κ2) is 17.4. The summed E-state index contributed by atoms with van der Waals surface area (Å²) >= 11 is 0. The molecule has 1 heterocycles. The van der Waals surface area contributed by atoms with Gasteiger partial charge >= 0.3 is 11.9 Å². The summed E-state index contributed by atoms with van der Waals surface area (Å²) in [5.74, 6) is -2.07. The minimum atomic E-state index is -0.924. The maximum atomic E-state index is 14.3. The number of carbonyl (C=O) groups is 4. The highest BCUT2D eigenvalue weighted by Crippen LogP contribution is 2.34. The third-order valence-electron chi connectivity index (χ3n) is 8.76. The topological polar surface area (TPSA) is 141 Å². The number of rotatable bonds is 14. The van der Waals surface area contributed by atoms with E-state index in [4.69, 9.17) is 18.9 Å². The number of nitrogens with one attached hydrogen (secondary N) is 1. The monoisotopic (exact) mass is 666 g/mol. The molecule has 0 aromatic heterocycles. The maximum Gasteiger partial charge on any atom is 0.328 e. The van der Waals surface area contributed by atoms with Crippen LogP contribution in [0.3, 0.4) is 0 Å². The molecule has 11 nitrogen and oxygen atoms in total. The molecule has 2 N–H and O–H groups in total. The second-order valence-corrected chi connectivity index (χ2v) is 13.7. The van der Waals surface area contributed by atoms with Gasteiger partial charge in [-0.2, -0.15) is 0 Å². The van der Waals surface area contributed by atoms with Crippen LogP contribution in [0.15, 0.2) is 54.6 Å². The van der Waals surface area contributed by atoms with Gasteiger partial charge in [-0.15, -0.1) is 0 Å². The summed E-state index contributed by atoms with van der Waals surface area (Å²) < 4.78 is 22.5. The smallest absolute Gasteiger partial charge is 0.328 e. The normalized spacial score (nSPS) is 21.7. The molecular formula is C37H50N2O9. The molecule has 0 bridgehead atoms. The van der Waals surface area contributed by atoms with E-state index in [1.807, 2.05) is 51.1 Å². The Labute approximate surface area is 283 Å². The minimum absolute atomic E-state index is 0.0378. The number of nitrogens with zero attached hydrogens (tertiary/aromatic N) is 1. The van der Waals surface area contributed by atoms with Crippen LogP contribution in [-0.2, 0) is 51.2 Å². The fraction of sp³-hybridized carbons (Fsp3) is 0.568. The van der Waals surface area contributed by atoms with E-state index < -0.39 is 29.8 Å². The van der Waals surface area contributed by atoms with Gasteiger partial charge in [0, 0.05) is 26.2 Å². The Hall–Kier alpha value is -3.96. The lowest BCUT2D eigenvalue weighted by atomic mass is 9.78. The number of benzene rings is 2. The highest BCUT2D eigenvalue weighted by Gasteiger charge is 2.45. The average molecular weight is 667 g/mol. The van der Waals surface area contributed by atoms with Crippen LogP contribution in [0.5, 0.6) is 5.75 Å². The number of phenolic OH excluding ortho intramolecular Hbond substituents is 1. The summed E-state index contributed by atoms with van der Waals surface area (Å²) in [6.07, 6.45) is 2.57. The van der Waals surface area contributed by atoms with E-state index in [1.165, 1.54) is 24.1 Å². The van der Waals surface area contributed by atoms with Gasteiger partial charge in [0.25, 0.3) is 0 Å². The molecule has 11 heteroatoms. The van der Waals surface area contributed by atoms with Gasteiger partial charge in [0.2, 0.25) is 11.8 Å². The summed E-state index contributed by atoms with van der Waals surface area (Å²) in [7, 11) is 1.29. The third kappa shape index (κ3) is 11.1. The second-order valence-electron chi connectivity index (χ2n) is 13.7. The molecule has 3 atom stereocenters. The zero-order valence-corrected chi connectivity index (χ0v) is 28.5. The Morgan fingerprint density at radius 3 is 2.31 bits per heavy atom. The van der Waals surface area contributed by atoms with Crippen molar-refractivity contribution in [1.29, 1.82) is 0 Å². The molecule has 3 unspecified atom stereocenters. The Morgan fingerprint density at radius 1 is 0.938 bits per heavy atom. The van der Waals surface area contributed by atoms with Crippen LogP contribution in [0.2, 0.25) is 0 Å². The number of aromatic hydroxyl groups is 1. The SMILES string of the molecule is COC(=O)C1CC(OCCCOCc2ccccc2)CN1C(=O)C(NC(=O)Cc1cccc(O)c1)C1CCC(C(=O)OC(C)(C)C)CC1. The highest BCUT2D eigenvalue weighted by atomic mass is 16.6. The number of hydrogen-bond acceptors (Lipinski definition) is 9. The number of hydrogen-bond donors (Lipinski definition) is 2. The van der Waals surface area contributed by atoms with E-state index in [2.05, 4.69) is 5.32 Å². The Balaban J connectivity index is 1.41. The van der Waals surface area contributed by atoms with Crippen molar-refractivity contribution in [3.63, 3.8) is 0 Å². The van der Waals surface area contributed by atoms with E-state index in [1.54, 1.807) is 12.1 Å². The molecule has 2 aromatic rings. The molecule has 48 heavy (non-hydrogen) atoms. The van der Waals surface area contributed by atoms with Gasteiger partial charge in [0.15, 0.2) is 0 Å². The van der Waals surface area contributed by atoms with Gasteiger partial charge < -0.3 is 34.3 Å². The van der Waals surface area contributed by atoms with E-state index >= 15 is 0 Å². The molecule has 2 aromatic carbocycles. The number of amides is 2. The molecule has 1 aliphatic heterocycles. The van der Waals surface area contributed by atoms with E-state index in [-0.39, 0.29) is 54.8 Å². The Kier molecular flexibility index (Phi) is 13.4. The van der Waals surface area contributed by atoms with Gasteiger partial charge in [0.1, 0.15) is 23.4 Å². The predicted octanol–water partition coefficient (Wildman–Crippen LogP) is 4.33. The maximum absolute atomic E-state index is 14.3. The van der Waals surface area contributed by atoms with Gasteiger partial charge in [-0.3, -0.25) is 14.4 Å². The number of esters is 2. The minimum Gasteiger partial charge on any atom is -0.508 e. The van der Waals surface area contributed by atoms with Crippen LogP contribution in [-0.4, -0.2) is 84.4 Å².